The van der Waals surface area contributed by atoms with Crippen molar-refractivity contribution in [2.24, 2.45) is 0 Å². The van der Waals surface area contributed by atoms with Crippen molar-refractivity contribution in [3.05, 3.63) is 22.2 Å². The van der Waals surface area contributed by atoms with Crippen LogP contribution in [-0.2, 0) is 14.6 Å². The van der Waals surface area contributed by atoms with Gasteiger partial charge < -0.3 is 10.3 Å². The summed E-state index contributed by atoms with van der Waals surface area (Å²) in [5.41, 5.74) is 0.600. The van der Waals surface area contributed by atoms with E-state index < -0.39 is 15.4 Å². The highest BCUT2D eigenvalue weighted by Crippen LogP contribution is 2.29. The van der Waals surface area contributed by atoms with Crippen LogP contribution in [0.1, 0.15) is 13.3 Å². The number of carbonyl (C=O) groups excluding carboxylic acids is 1. The third kappa shape index (κ3) is 3.99. The van der Waals surface area contributed by atoms with E-state index in [2.05, 4.69) is 15.3 Å². The van der Waals surface area contributed by atoms with Gasteiger partial charge in [0.25, 0.3) is 0 Å². The zero-order chi connectivity index (χ0) is 17.5. The normalized spacial score (nSPS) is 22.8. The maximum Gasteiger partial charge on any atom is 0.230 e. The minimum Gasteiger partial charge on any atom is -0.349 e. The molecule has 2 heterocycles. The first-order chi connectivity index (χ1) is 11.2. The van der Waals surface area contributed by atoms with Gasteiger partial charge in [0.2, 0.25) is 5.91 Å². The number of hydrogen-bond donors (Lipinski definition) is 2. The first kappa shape index (κ1) is 17.8. The number of nitrogens with zero attached hydrogens (tertiary/aromatic N) is 1. The summed E-state index contributed by atoms with van der Waals surface area (Å²) >= 11 is 13.2. The summed E-state index contributed by atoms with van der Waals surface area (Å²) < 4.78 is 23.1. The number of benzene rings is 1. The quantitative estimate of drug-likeness (QED) is 0.759. The first-order valence-corrected chi connectivity index (χ1v) is 10.7. The molecule has 1 fully saturated rings. The molecular weight excluding hydrogens is 393 g/mol. The third-order valence-corrected chi connectivity index (χ3v) is 7.05. The Morgan fingerprint density at radius 1 is 1.46 bits per heavy atom. The number of sulfone groups is 1. The third-order valence-electron chi connectivity index (χ3n) is 3.77. The lowest BCUT2D eigenvalue weighted by atomic mass is 10.0. The molecule has 1 amide bonds. The smallest absolute Gasteiger partial charge is 0.230 e. The van der Waals surface area contributed by atoms with E-state index in [0.717, 1.165) is 0 Å². The molecule has 2 N–H and O–H groups in total. The van der Waals surface area contributed by atoms with Crippen LogP contribution in [0, 0.1) is 0 Å². The average molecular weight is 408 g/mol. The molecule has 1 aromatic heterocycles. The monoisotopic (exact) mass is 407 g/mol. The average Bonchev–Trinajstić information content (AvgIpc) is 2.97. The molecule has 3 rings (SSSR count). The van der Waals surface area contributed by atoms with Crippen LogP contribution in [0.15, 0.2) is 17.3 Å². The minimum absolute atomic E-state index is 0.0187. The maximum absolute atomic E-state index is 12.1. The van der Waals surface area contributed by atoms with Gasteiger partial charge in [-0.25, -0.2) is 13.4 Å². The summed E-state index contributed by atoms with van der Waals surface area (Å²) in [6, 6.07) is 3.32. The molecule has 0 spiro atoms. The Labute approximate surface area is 153 Å². The van der Waals surface area contributed by atoms with Crippen LogP contribution in [0.3, 0.4) is 0 Å². The highest BCUT2D eigenvalue weighted by Gasteiger charge is 2.39. The Morgan fingerprint density at radius 3 is 2.88 bits per heavy atom. The van der Waals surface area contributed by atoms with Crippen molar-refractivity contribution < 1.29 is 13.2 Å². The van der Waals surface area contributed by atoms with Crippen molar-refractivity contribution in [1.82, 2.24) is 15.3 Å². The van der Waals surface area contributed by atoms with Gasteiger partial charge in [-0.1, -0.05) is 35.0 Å². The van der Waals surface area contributed by atoms with Crippen molar-refractivity contribution in [1.29, 1.82) is 0 Å². The molecule has 2 aromatic rings. The Hall–Kier alpha value is -0.960. The van der Waals surface area contributed by atoms with Gasteiger partial charge in [0, 0.05) is 5.02 Å². The number of aromatic amines is 1. The molecule has 1 aliphatic heterocycles. The molecule has 130 valence electrons. The van der Waals surface area contributed by atoms with E-state index >= 15 is 0 Å². The molecule has 1 aliphatic rings. The fourth-order valence-corrected chi connectivity index (χ4v) is 6.01. The summed E-state index contributed by atoms with van der Waals surface area (Å²) in [7, 11) is -3.06. The van der Waals surface area contributed by atoms with Crippen LogP contribution in [0.25, 0.3) is 11.0 Å². The highest BCUT2D eigenvalue weighted by molar-refractivity contribution is 7.99. The van der Waals surface area contributed by atoms with Crippen molar-refractivity contribution >= 4 is 61.7 Å². The lowest BCUT2D eigenvalue weighted by Crippen LogP contribution is -2.47. The van der Waals surface area contributed by atoms with Gasteiger partial charge in [-0.2, -0.15) is 0 Å². The van der Waals surface area contributed by atoms with Crippen molar-refractivity contribution in [3.8, 4) is 0 Å². The molecule has 10 heteroatoms. The summed E-state index contributed by atoms with van der Waals surface area (Å²) in [4.78, 5) is 19.5. The van der Waals surface area contributed by atoms with Gasteiger partial charge in [-0.15, -0.1) is 0 Å². The van der Waals surface area contributed by atoms with Gasteiger partial charge in [0.05, 0.1) is 33.3 Å². The first-order valence-electron chi connectivity index (χ1n) is 7.15. The Bertz CT molecular complexity index is 913. The number of imidazole rings is 1. The van der Waals surface area contributed by atoms with Crippen LogP contribution < -0.4 is 5.32 Å². The Morgan fingerprint density at radius 2 is 2.21 bits per heavy atom. The van der Waals surface area contributed by atoms with Gasteiger partial charge in [0.1, 0.15) is 5.52 Å². The van der Waals surface area contributed by atoms with E-state index in [1.807, 2.05) is 0 Å². The molecule has 0 aliphatic carbocycles. The second-order valence-electron chi connectivity index (χ2n) is 6.07. The highest BCUT2D eigenvalue weighted by atomic mass is 35.5. The number of amides is 1. The topological polar surface area (TPSA) is 91.9 Å². The molecule has 0 radical (unpaired) electrons. The number of aromatic nitrogens is 2. The fourth-order valence-electron chi connectivity index (χ4n) is 2.70. The van der Waals surface area contributed by atoms with Gasteiger partial charge in [0.15, 0.2) is 15.0 Å². The number of thioether (sulfide) groups is 1. The molecule has 1 atom stereocenters. The van der Waals surface area contributed by atoms with Crippen LogP contribution in [0.2, 0.25) is 10.0 Å². The molecule has 0 bridgehead atoms. The summed E-state index contributed by atoms with van der Waals surface area (Å²) in [6.07, 6.45) is 0.435. The van der Waals surface area contributed by atoms with Crippen molar-refractivity contribution in [3.63, 3.8) is 0 Å². The largest absolute Gasteiger partial charge is 0.349 e. The van der Waals surface area contributed by atoms with Crippen LogP contribution in [0.4, 0.5) is 0 Å². The lowest BCUT2D eigenvalue weighted by Gasteiger charge is -2.23. The molecule has 0 saturated carbocycles. The fraction of sp³-hybridized carbons (Fsp3) is 0.429. The molecular formula is C14H15Cl2N3O3S2. The van der Waals surface area contributed by atoms with E-state index in [1.54, 1.807) is 19.1 Å². The van der Waals surface area contributed by atoms with E-state index in [1.165, 1.54) is 11.8 Å². The molecule has 1 aromatic carbocycles. The standard InChI is InChI=1S/C14H15Cl2N3O3S2/c1-14(2-3-24(21,22)7-14)19-11(20)6-23-13-17-10-5-8(15)4-9(16)12(10)18-13/h4-5H,2-3,6-7H2,1H3,(H,17,18)(H,19,20)/t14-/m1/s1. The number of rotatable bonds is 4. The zero-order valence-electron chi connectivity index (χ0n) is 12.7. The summed E-state index contributed by atoms with van der Waals surface area (Å²) in [5.74, 6) is -0.0143. The second kappa shape index (κ2) is 6.40. The van der Waals surface area contributed by atoms with Gasteiger partial charge in [-0.05, 0) is 25.5 Å². The van der Waals surface area contributed by atoms with E-state index in [9.17, 15) is 13.2 Å². The molecule has 6 nitrogen and oxygen atoms in total. The predicted molar refractivity (Wildman–Crippen MR) is 96.7 cm³/mol. The van der Waals surface area contributed by atoms with Crippen molar-refractivity contribution in [2.75, 3.05) is 17.3 Å². The summed E-state index contributed by atoms with van der Waals surface area (Å²) in [6.45, 7) is 1.75. The Kier molecular flexibility index (Phi) is 4.76. The van der Waals surface area contributed by atoms with Gasteiger partial charge in [-0.3, -0.25) is 4.79 Å². The number of carbonyl (C=O) groups is 1. The summed E-state index contributed by atoms with van der Waals surface area (Å²) in [5, 5.41) is 4.30. The van der Waals surface area contributed by atoms with Crippen LogP contribution in [0.5, 0.6) is 0 Å². The number of fused-ring (bicyclic) bond motifs is 1. The van der Waals surface area contributed by atoms with E-state index in [0.29, 0.717) is 32.7 Å². The second-order valence-corrected chi connectivity index (χ2v) is 10.1. The van der Waals surface area contributed by atoms with E-state index in [-0.39, 0.29) is 23.2 Å². The number of hydrogen-bond acceptors (Lipinski definition) is 5. The molecule has 24 heavy (non-hydrogen) atoms. The number of nitrogens with one attached hydrogen (secondary N) is 2. The number of H-pyrrole nitrogens is 1. The zero-order valence-corrected chi connectivity index (χ0v) is 15.9. The predicted octanol–water partition coefficient (Wildman–Crippen LogP) is 2.66. The molecule has 1 saturated heterocycles. The number of halogens is 2. The van der Waals surface area contributed by atoms with E-state index in [4.69, 9.17) is 23.2 Å². The van der Waals surface area contributed by atoms with Crippen molar-refractivity contribution in [2.45, 2.75) is 24.0 Å². The molecule has 0 unspecified atom stereocenters. The van der Waals surface area contributed by atoms with Crippen LogP contribution >= 0.6 is 35.0 Å². The maximum atomic E-state index is 12.1. The minimum atomic E-state index is -3.06. The SMILES string of the molecule is C[C@@]1(NC(=O)CSc2nc3c(Cl)cc(Cl)cc3[nH]2)CCS(=O)(=O)C1. The van der Waals surface area contributed by atoms with Crippen LogP contribution in [-0.4, -0.2) is 47.1 Å². The Balaban J connectivity index is 1.64. The van der Waals surface area contributed by atoms with Gasteiger partial charge >= 0.3 is 0 Å². The lowest BCUT2D eigenvalue weighted by molar-refractivity contribution is -0.120.